The smallest absolute Gasteiger partial charge is 0.256 e. The summed E-state index contributed by atoms with van der Waals surface area (Å²) >= 11 is 9.92. The van der Waals surface area contributed by atoms with Crippen molar-refractivity contribution in [1.29, 1.82) is 0 Å². The molecule has 2 amide bonds. The maximum absolute atomic E-state index is 12.1. The van der Waals surface area contributed by atoms with Crippen LogP contribution in [0.1, 0.15) is 61.1 Å². The number of carbonyl (C=O) groups is 2. The van der Waals surface area contributed by atoms with Gasteiger partial charge in [0.05, 0.1) is 22.2 Å². The highest BCUT2D eigenvalue weighted by atomic mass is 128. The fraction of sp³-hybridized carbons (Fsp3) is 0.357. The molecule has 38 heavy (non-hydrogen) atoms. The number of benzene rings is 2. The Morgan fingerprint density at radius 3 is 1.24 bits per heavy atom. The zero-order valence-corrected chi connectivity index (χ0v) is 30.6. The maximum atomic E-state index is 12.1. The lowest BCUT2D eigenvalue weighted by Gasteiger charge is -2.17. The minimum atomic E-state index is -0.696. The van der Waals surface area contributed by atoms with Crippen LogP contribution in [0.15, 0.2) is 40.3 Å². The van der Waals surface area contributed by atoms with Crippen LogP contribution in [0, 0.1) is 31.3 Å². The SMILES string of the molecule is Cc1cc(Br)cc(C)c1C1=C(O)C(C)(C)NC1=O.Cc1cc(I)cc(C)c1C1=C(O)C(C)(C)NC1=O.II. The summed E-state index contributed by atoms with van der Waals surface area (Å²) in [6, 6.07) is 7.92. The van der Waals surface area contributed by atoms with Crippen LogP contribution in [0.3, 0.4) is 0 Å². The second-order valence-corrected chi connectivity index (χ2v) is 12.6. The van der Waals surface area contributed by atoms with Crippen molar-refractivity contribution in [1.82, 2.24) is 10.6 Å². The van der Waals surface area contributed by atoms with Gasteiger partial charge in [-0.3, -0.25) is 9.59 Å². The van der Waals surface area contributed by atoms with E-state index in [2.05, 4.69) is 86.4 Å². The van der Waals surface area contributed by atoms with Gasteiger partial charge in [0, 0.05) is 45.3 Å². The number of halogens is 4. The molecular formula is C28H32BrI3N2O4. The molecule has 4 N–H and O–H groups in total. The molecule has 2 aliphatic rings. The van der Waals surface area contributed by atoms with E-state index in [-0.39, 0.29) is 23.3 Å². The topological polar surface area (TPSA) is 98.7 Å². The van der Waals surface area contributed by atoms with Crippen LogP contribution in [0.2, 0.25) is 0 Å². The summed E-state index contributed by atoms with van der Waals surface area (Å²) in [4.78, 5) is 24.1. The van der Waals surface area contributed by atoms with Crippen molar-refractivity contribution in [2.24, 2.45) is 0 Å². The molecule has 0 fully saturated rings. The van der Waals surface area contributed by atoms with Gasteiger partial charge in [-0.05, 0) is 136 Å². The Hall–Kier alpha value is -0.870. The molecule has 2 heterocycles. The van der Waals surface area contributed by atoms with Gasteiger partial charge in [-0.1, -0.05) is 15.9 Å². The molecule has 0 saturated carbocycles. The zero-order valence-electron chi connectivity index (χ0n) is 22.5. The highest BCUT2D eigenvalue weighted by Gasteiger charge is 2.40. The lowest BCUT2D eigenvalue weighted by Crippen LogP contribution is -2.38. The van der Waals surface area contributed by atoms with Crippen LogP contribution in [-0.2, 0) is 9.59 Å². The number of carbonyl (C=O) groups excluding carboxylic acids is 2. The molecule has 0 aliphatic carbocycles. The van der Waals surface area contributed by atoms with E-state index >= 15 is 0 Å². The molecule has 0 atom stereocenters. The lowest BCUT2D eigenvalue weighted by molar-refractivity contribution is -0.116. The predicted molar refractivity (Wildman–Crippen MR) is 184 cm³/mol. The number of aryl methyl sites for hydroxylation is 4. The van der Waals surface area contributed by atoms with Crippen molar-refractivity contribution in [2.75, 3.05) is 0 Å². The van der Waals surface area contributed by atoms with E-state index in [4.69, 9.17) is 0 Å². The van der Waals surface area contributed by atoms with Gasteiger partial charge < -0.3 is 20.8 Å². The summed E-state index contributed by atoms with van der Waals surface area (Å²) < 4.78 is 2.10. The zero-order chi connectivity index (χ0) is 29.3. The molecular weight excluding hydrogens is 889 g/mol. The van der Waals surface area contributed by atoms with Crippen molar-refractivity contribution in [3.05, 3.63) is 77.2 Å². The van der Waals surface area contributed by atoms with Crippen LogP contribution in [0.5, 0.6) is 0 Å². The van der Waals surface area contributed by atoms with E-state index < -0.39 is 11.1 Å². The van der Waals surface area contributed by atoms with Crippen LogP contribution < -0.4 is 10.6 Å². The van der Waals surface area contributed by atoms with E-state index in [9.17, 15) is 19.8 Å². The maximum Gasteiger partial charge on any atom is 0.256 e. The molecule has 0 spiro atoms. The van der Waals surface area contributed by atoms with Crippen molar-refractivity contribution < 1.29 is 19.8 Å². The number of hydrogen-bond donors (Lipinski definition) is 4. The fourth-order valence-electron chi connectivity index (χ4n) is 4.73. The predicted octanol–water partition coefficient (Wildman–Crippen LogP) is 8.10. The second-order valence-electron chi connectivity index (χ2n) is 10.4. The van der Waals surface area contributed by atoms with E-state index in [0.717, 1.165) is 41.4 Å². The molecule has 2 aliphatic heterocycles. The first-order chi connectivity index (χ1) is 17.5. The van der Waals surface area contributed by atoms with Crippen LogP contribution in [0.4, 0.5) is 0 Å². The monoisotopic (exact) mass is 920 g/mol. The summed E-state index contributed by atoms with van der Waals surface area (Å²) in [5.41, 5.74) is 5.03. The highest BCUT2D eigenvalue weighted by Crippen LogP contribution is 2.36. The second kappa shape index (κ2) is 12.8. The third-order valence-corrected chi connectivity index (χ3v) is 7.54. The Kier molecular flexibility index (Phi) is 11.2. The van der Waals surface area contributed by atoms with Gasteiger partial charge in [0.15, 0.2) is 0 Å². The number of aliphatic hydroxyl groups excluding tert-OH is 2. The Labute approximate surface area is 270 Å². The lowest BCUT2D eigenvalue weighted by atomic mass is 9.93. The van der Waals surface area contributed by atoms with Gasteiger partial charge in [0.25, 0.3) is 11.8 Å². The minimum absolute atomic E-state index is 0.112. The van der Waals surface area contributed by atoms with Crippen LogP contribution >= 0.6 is 75.8 Å². The van der Waals surface area contributed by atoms with Crippen LogP contribution in [0.25, 0.3) is 11.1 Å². The standard InChI is InChI=1S/C14H16BrNO2.C14H16INO2.I2/c2*1-7-5-9(15)6-8(2)10(7)11-12(17)14(3,4)16-13(11)18;1-2/h2*5-6,17H,1-4H3,(H,16,18);. The normalized spacial score (nSPS) is 17.4. The highest BCUT2D eigenvalue weighted by molar-refractivity contribution is 15.0. The molecule has 0 aromatic heterocycles. The van der Waals surface area contributed by atoms with E-state index in [0.29, 0.717) is 11.1 Å². The Morgan fingerprint density at radius 1 is 0.684 bits per heavy atom. The number of amides is 2. The summed E-state index contributed by atoms with van der Waals surface area (Å²) in [6.45, 7) is 15.0. The van der Waals surface area contributed by atoms with Gasteiger partial charge in [0.1, 0.15) is 11.5 Å². The first-order valence-electron chi connectivity index (χ1n) is 11.7. The number of rotatable bonds is 2. The third-order valence-electron chi connectivity index (χ3n) is 6.46. The van der Waals surface area contributed by atoms with Gasteiger partial charge >= 0.3 is 0 Å². The average Bonchev–Trinajstić information content (AvgIpc) is 3.10. The van der Waals surface area contributed by atoms with E-state index in [1.54, 1.807) is 27.7 Å². The molecule has 2 aromatic rings. The molecule has 0 bridgehead atoms. The van der Waals surface area contributed by atoms with Crippen molar-refractivity contribution >= 4 is 98.7 Å². The largest absolute Gasteiger partial charge is 0.509 e. The summed E-state index contributed by atoms with van der Waals surface area (Å²) in [5.74, 6) is -0.183. The van der Waals surface area contributed by atoms with Gasteiger partial charge in [0.2, 0.25) is 0 Å². The van der Waals surface area contributed by atoms with Gasteiger partial charge in [-0.15, -0.1) is 0 Å². The molecule has 206 valence electrons. The fourth-order valence-corrected chi connectivity index (χ4v) is 6.35. The van der Waals surface area contributed by atoms with Crippen molar-refractivity contribution in [2.45, 2.75) is 66.5 Å². The third kappa shape index (κ3) is 6.88. The molecule has 0 radical (unpaired) electrons. The van der Waals surface area contributed by atoms with E-state index in [1.165, 1.54) is 0 Å². The Morgan fingerprint density at radius 2 is 0.974 bits per heavy atom. The van der Waals surface area contributed by atoms with Crippen molar-refractivity contribution in [3.63, 3.8) is 0 Å². The quantitative estimate of drug-likeness (QED) is 0.229. The molecule has 6 nitrogen and oxygen atoms in total. The van der Waals surface area contributed by atoms with Gasteiger partial charge in [-0.2, -0.15) is 0 Å². The molecule has 4 rings (SSSR count). The molecule has 2 aromatic carbocycles. The average molecular weight is 921 g/mol. The summed E-state index contributed by atoms with van der Waals surface area (Å²) in [7, 11) is 0. The van der Waals surface area contributed by atoms with Crippen molar-refractivity contribution in [3.8, 4) is 0 Å². The Bertz CT molecular complexity index is 1210. The molecule has 10 heteroatoms. The molecule has 0 saturated heterocycles. The summed E-state index contributed by atoms with van der Waals surface area (Å²) in [5, 5.41) is 26.1. The van der Waals surface area contributed by atoms with Crippen LogP contribution in [-0.4, -0.2) is 33.1 Å². The van der Waals surface area contributed by atoms with E-state index in [1.807, 2.05) is 52.0 Å². The number of hydrogen-bond acceptors (Lipinski definition) is 4. The molecule has 0 unspecified atom stereocenters. The Balaban J connectivity index is 0.000000251. The number of nitrogens with one attached hydrogen (secondary N) is 2. The number of aliphatic hydroxyl groups is 2. The first kappa shape index (κ1) is 33.3. The van der Waals surface area contributed by atoms with Gasteiger partial charge in [-0.25, -0.2) is 0 Å². The first-order valence-corrected chi connectivity index (χ1v) is 19.8. The summed E-state index contributed by atoms with van der Waals surface area (Å²) in [6.07, 6.45) is 0. The minimum Gasteiger partial charge on any atom is -0.509 e.